The van der Waals surface area contributed by atoms with Gasteiger partial charge in [0.2, 0.25) is 0 Å². The van der Waals surface area contributed by atoms with Crippen LogP contribution in [-0.4, -0.2) is 23.5 Å². The van der Waals surface area contributed by atoms with Crippen LogP contribution in [0.25, 0.3) is 22.2 Å². The number of benzene rings is 2. The molecule has 0 aliphatic heterocycles. The predicted octanol–water partition coefficient (Wildman–Crippen LogP) is 4.28. The first-order chi connectivity index (χ1) is 14.6. The van der Waals surface area contributed by atoms with E-state index in [9.17, 15) is 9.59 Å². The molecule has 0 aliphatic carbocycles. The van der Waals surface area contributed by atoms with E-state index in [1.807, 2.05) is 55.5 Å². The van der Waals surface area contributed by atoms with Crippen LogP contribution in [0.1, 0.15) is 21.7 Å². The van der Waals surface area contributed by atoms with E-state index in [0.29, 0.717) is 27.9 Å². The van der Waals surface area contributed by atoms with Crippen molar-refractivity contribution in [1.29, 1.82) is 0 Å². The van der Waals surface area contributed by atoms with Gasteiger partial charge in [-0.3, -0.25) is 4.79 Å². The fourth-order valence-electron chi connectivity index (χ4n) is 3.08. The molecule has 30 heavy (non-hydrogen) atoms. The predicted molar refractivity (Wildman–Crippen MR) is 113 cm³/mol. The van der Waals surface area contributed by atoms with Crippen LogP contribution in [-0.2, 0) is 16.1 Å². The van der Waals surface area contributed by atoms with Gasteiger partial charge < -0.3 is 14.5 Å². The molecule has 2 aromatic carbocycles. The summed E-state index contributed by atoms with van der Waals surface area (Å²) in [5, 5.41) is 3.32. The number of aromatic nitrogens is 1. The lowest BCUT2D eigenvalue weighted by Gasteiger charge is -2.10. The zero-order valence-corrected chi connectivity index (χ0v) is 16.4. The number of nitrogens with one attached hydrogen (secondary N) is 1. The maximum absolute atomic E-state index is 12.8. The van der Waals surface area contributed by atoms with Gasteiger partial charge in [0.15, 0.2) is 6.61 Å². The second-order valence-corrected chi connectivity index (χ2v) is 6.87. The van der Waals surface area contributed by atoms with Crippen LogP contribution in [0.15, 0.2) is 77.4 Å². The highest BCUT2D eigenvalue weighted by Gasteiger charge is 2.16. The lowest BCUT2D eigenvalue weighted by atomic mass is 10.0. The quantitative estimate of drug-likeness (QED) is 0.489. The molecule has 0 bridgehead atoms. The minimum absolute atomic E-state index is 0.235. The summed E-state index contributed by atoms with van der Waals surface area (Å²) in [5.74, 6) is -0.357. The molecule has 0 aliphatic rings. The molecule has 2 heterocycles. The third-order valence-corrected chi connectivity index (χ3v) is 4.66. The van der Waals surface area contributed by atoms with Crippen LogP contribution in [0.3, 0.4) is 0 Å². The standard InChI is InChI=1S/C24H20N2O4/c1-16-8-10-17(11-9-16)22-13-20(19-6-2-3-7-21(19)26-22)24(28)30-15-23(27)25-14-18-5-4-12-29-18/h2-13H,14-15H2,1H3,(H,25,27). The van der Waals surface area contributed by atoms with Crippen LogP contribution in [0.2, 0.25) is 0 Å². The van der Waals surface area contributed by atoms with Gasteiger partial charge in [-0.2, -0.15) is 0 Å². The summed E-state index contributed by atoms with van der Waals surface area (Å²) in [4.78, 5) is 29.5. The number of pyridine rings is 1. The summed E-state index contributed by atoms with van der Waals surface area (Å²) >= 11 is 0. The fraction of sp³-hybridized carbons (Fsp3) is 0.125. The van der Waals surface area contributed by atoms with Gasteiger partial charge in [0.1, 0.15) is 5.76 Å². The van der Waals surface area contributed by atoms with Crippen molar-refractivity contribution in [2.45, 2.75) is 13.5 Å². The molecule has 1 N–H and O–H groups in total. The van der Waals surface area contributed by atoms with E-state index >= 15 is 0 Å². The van der Waals surface area contributed by atoms with Crippen molar-refractivity contribution >= 4 is 22.8 Å². The first-order valence-electron chi connectivity index (χ1n) is 9.53. The largest absolute Gasteiger partial charge is 0.467 e. The van der Waals surface area contributed by atoms with Gasteiger partial charge in [0.05, 0.1) is 29.6 Å². The van der Waals surface area contributed by atoms with Crippen LogP contribution in [0.5, 0.6) is 0 Å². The van der Waals surface area contributed by atoms with Gasteiger partial charge in [-0.25, -0.2) is 9.78 Å². The van der Waals surface area contributed by atoms with E-state index in [2.05, 4.69) is 10.3 Å². The molecule has 0 fully saturated rings. The number of hydrogen-bond donors (Lipinski definition) is 1. The van der Waals surface area contributed by atoms with Gasteiger partial charge >= 0.3 is 5.97 Å². The molecule has 4 rings (SSSR count). The number of nitrogens with zero attached hydrogens (tertiary/aromatic N) is 1. The second kappa shape index (κ2) is 8.61. The van der Waals surface area contributed by atoms with Crippen LogP contribution in [0, 0.1) is 6.92 Å². The molecule has 0 saturated carbocycles. The van der Waals surface area contributed by atoms with E-state index in [0.717, 1.165) is 11.1 Å². The van der Waals surface area contributed by atoms with E-state index in [-0.39, 0.29) is 13.2 Å². The average molecular weight is 400 g/mol. The van der Waals surface area contributed by atoms with Crippen LogP contribution < -0.4 is 5.32 Å². The summed E-state index contributed by atoms with van der Waals surface area (Å²) < 4.78 is 10.4. The Hall–Kier alpha value is -3.93. The maximum Gasteiger partial charge on any atom is 0.339 e. The minimum atomic E-state index is -0.574. The molecule has 150 valence electrons. The van der Waals surface area contributed by atoms with Gasteiger partial charge in [-0.1, -0.05) is 48.0 Å². The van der Waals surface area contributed by atoms with Crippen molar-refractivity contribution in [3.05, 3.63) is 89.9 Å². The second-order valence-electron chi connectivity index (χ2n) is 6.87. The first-order valence-corrected chi connectivity index (χ1v) is 9.53. The molecule has 6 heteroatoms. The van der Waals surface area contributed by atoms with Gasteiger partial charge in [-0.15, -0.1) is 0 Å². The zero-order valence-electron chi connectivity index (χ0n) is 16.4. The van der Waals surface area contributed by atoms with Crippen molar-refractivity contribution in [3.8, 4) is 11.3 Å². The zero-order chi connectivity index (χ0) is 20.9. The van der Waals surface area contributed by atoms with E-state index in [4.69, 9.17) is 9.15 Å². The third kappa shape index (κ3) is 4.38. The monoisotopic (exact) mass is 400 g/mol. The highest BCUT2D eigenvalue weighted by Crippen LogP contribution is 2.25. The van der Waals surface area contributed by atoms with E-state index in [1.54, 1.807) is 18.2 Å². The van der Waals surface area contributed by atoms with Gasteiger partial charge in [-0.05, 0) is 31.2 Å². The molecular weight excluding hydrogens is 380 g/mol. The number of hydrogen-bond acceptors (Lipinski definition) is 5. The van der Waals surface area contributed by atoms with E-state index in [1.165, 1.54) is 6.26 Å². The van der Waals surface area contributed by atoms with Crippen molar-refractivity contribution in [1.82, 2.24) is 10.3 Å². The highest BCUT2D eigenvalue weighted by molar-refractivity contribution is 6.05. The number of ether oxygens (including phenoxy) is 1. The summed E-state index contributed by atoms with van der Waals surface area (Å²) in [6.45, 7) is 1.87. The summed E-state index contributed by atoms with van der Waals surface area (Å²) in [6, 6.07) is 20.5. The SMILES string of the molecule is Cc1ccc(-c2cc(C(=O)OCC(=O)NCc3ccco3)c3ccccc3n2)cc1. The number of carbonyl (C=O) groups excluding carboxylic acids is 2. The Bertz CT molecular complexity index is 1180. The number of aryl methyl sites for hydroxylation is 1. The van der Waals surface area contributed by atoms with Crippen molar-refractivity contribution in [2.75, 3.05) is 6.61 Å². The maximum atomic E-state index is 12.8. The number of para-hydroxylation sites is 1. The Kier molecular flexibility index (Phi) is 5.57. The molecule has 0 unspecified atom stereocenters. The Morgan fingerprint density at radius 1 is 1.03 bits per heavy atom. The van der Waals surface area contributed by atoms with Crippen molar-refractivity contribution in [3.63, 3.8) is 0 Å². The lowest BCUT2D eigenvalue weighted by molar-refractivity contribution is -0.124. The number of esters is 1. The number of amides is 1. The normalized spacial score (nSPS) is 10.7. The first kappa shape index (κ1) is 19.4. The summed E-state index contributed by atoms with van der Waals surface area (Å²) in [6.07, 6.45) is 1.53. The lowest BCUT2D eigenvalue weighted by Crippen LogP contribution is -2.28. The van der Waals surface area contributed by atoms with Crippen molar-refractivity contribution < 1.29 is 18.7 Å². The molecule has 2 aromatic heterocycles. The van der Waals surface area contributed by atoms with Gasteiger partial charge in [0.25, 0.3) is 5.91 Å². The topological polar surface area (TPSA) is 81.4 Å². The molecule has 4 aromatic rings. The summed E-state index contributed by atoms with van der Waals surface area (Å²) in [5.41, 5.74) is 3.76. The smallest absolute Gasteiger partial charge is 0.339 e. The fourth-order valence-corrected chi connectivity index (χ4v) is 3.08. The number of fused-ring (bicyclic) bond motifs is 1. The number of rotatable bonds is 6. The van der Waals surface area contributed by atoms with E-state index < -0.39 is 11.9 Å². The Morgan fingerprint density at radius 3 is 2.60 bits per heavy atom. The molecule has 0 radical (unpaired) electrons. The Morgan fingerprint density at radius 2 is 1.83 bits per heavy atom. The minimum Gasteiger partial charge on any atom is -0.467 e. The molecule has 0 saturated heterocycles. The number of furan rings is 1. The van der Waals surface area contributed by atoms with Crippen molar-refractivity contribution in [2.24, 2.45) is 0 Å². The summed E-state index contributed by atoms with van der Waals surface area (Å²) in [7, 11) is 0. The van der Waals surface area contributed by atoms with Crippen LogP contribution >= 0.6 is 0 Å². The molecular formula is C24H20N2O4. The molecule has 6 nitrogen and oxygen atoms in total. The van der Waals surface area contributed by atoms with Crippen LogP contribution in [0.4, 0.5) is 0 Å². The Balaban J connectivity index is 1.53. The Labute approximate surface area is 173 Å². The average Bonchev–Trinajstić information content (AvgIpc) is 3.29. The highest BCUT2D eigenvalue weighted by atomic mass is 16.5. The number of carbonyl (C=O) groups is 2. The molecule has 1 amide bonds. The third-order valence-electron chi connectivity index (χ3n) is 4.66. The molecule has 0 spiro atoms. The van der Waals surface area contributed by atoms with Gasteiger partial charge in [0, 0.05) is 10.9 Å². The molecule has 0 atom stereocenters.